The Morgan fingerprint density at radius 3 is 2.58 bits per heavy atom. The third-order valence-corrected chi connectivity index (χ3v) is 3.90. The maximum absolute atomic E-state index is 13.0. The molecule has 0 saturated carbocycles. The molecule has 9 heteroatoms. The summed E-state index contributed by atoms with van der Waals surface area (Å²) in [4.78, 5) is 7.50. The molecular formula is C10H8BrFN4O2S. The summed E-state index contributed by atoms with van der Waals surface area (Å²) in [5, 5.41) is 0. The van der Waals surface area contributed by atoms with Crippen LogP contribution in [0.4, 0.5) is 15.9 Å². The van der Waals surface area contributed by atoms with Gasteiger partial charge >= 0.3 is 0 Å². The molecule has 0 aliphatic rings. The van der Waals surface area contributed by atoms with Crippen LogP contribution in [0.5, 0.6) is 0 Å². The van der Waals surface area contributed by atoms with Crippen molar-refractivity contribution in [3.63, 3.8) is 0 Å². The maximum atomic E-state index is 13.0. The van der Waals surface area contributed by atoms with Crippen LogP contribution in [0.2, 0.25) is 0 Å². The third-order valence-electron chi connectivity index (χ3n) is 2.14. The van der Waals surface area contributed by atoms with Crippen LogP contribution >= 0.6 is 15.9 Å². The molecule has 0 unspecified atom stereocenters. The number of halogens is 2. The standard InChI is InChI=1S/C10H8BrFN4O2S/c11-9-4-15-10(5-14-9)16-19(17,18)6-1-2-7(12)8(13)3-6/h1-5H,13H2,(H,15,16). The highest BCUT2D eigenvalue weighted by atomic mass is 79.9. The molecule has 0 fully saturated rings. The molecule has 2 rings (SSSR count). The number of benzene rings is 1. The van der Waals surface area contributed by atoms with Crippen molar-refractivity contribution >= 4 is 37.5 Å². The number of hydrogen-bond acceptors (Lipinski definition) is 5. The predicted octanol–water partition coefficient (Wildman–Crippen LogP) is 1.76. The lowest BCUT2D eigenvalue weighted by molar-refractivity contribution is 0.600. The largest absolute Gasteiger partial charge is 0.396 e. The molecule has 0 bridgehead atoms. The number of sulfonamides is 1. The van der Waals surface area contributed by atoms with Crippen molar-refractivity contribution in [3.8, 4) is 0 Å². The highest BCUT2D eigenvalue weighted by molar-refractivity contribution is 9.10. The van der Waals surface area contributed by atoms with E-state index in [0.717, 1.165) is 18.2 Å². The van der Waals surface area contributed by atoms with Crippen LogP contribution in [0.1, 0.15) is 0 Å². The summed E-state index contributed by atoms with van der Waals surface area (Å²) in [6.07, 6.45) is 2.59. The van der Waals surface area contributed by atoms with E-state index in [4.69, 9.17) is 5.73 Å². The summed E-state index contributed by atoms with van der Waals surface area (Å²) in [5.74, 6) is -0.631. The van der Waals surface area contributed by atoms with E-state index in [1.54, 1.807) is 0 Å². The van der Waals surface area contributed by atoms with Crippen LogP contribution in [0.3, 0.4) is 0 Å². The Morgan fingerprint density at radius 2 is 2.00 bits per heavy atom. The van der Waals surface area contributed by atoms with Crippen molar-refractivity contribution < 1.29 is 12.8 Å². The van der Waals surface area contributed by atoms with E-state index in [0.29, 0.717) is 4.60 Å². The van der Waals surface area contributed by atoms with Crippen molar-refractivity contribution in [2.75, 3.05) is 10.5 Å². The highest BCUT2D eigenvalue weighted by Crippen LogP contribution is 2.19. The van der Waals surface area contributed by atoms with E-state index >= 15 is 0 Å². The average molecular weight is 347 g/mol. The van der Waals surface area contributed by atoms with Gasteiger partial charge in [-0.15, -0.1) is 0 Å². The lowest BCUT2D eigenvalue weighted by atomic mass is 10.3. The van der Waals surface area contributed by atoms with Crippen LogP contribution in [0.15, 0.2) is 40.1 Å². The molecule has 0 amide bonds. The quantitative estimate of drug-likeness (QED) is 0.825. The topological polar surface area (TPSA) is 98.0 Å². The minimum atomic E-state index is -3.88. The van der Waals surface area contributed by atoms with Gasteiger partial charge in [-0.3, -0.25) is 4.72 Å². The van der Waals surface area contributed by atoms with Crippen LogP contribution in [0, 0.1) is 5.82 Å². The molecule has 1 heterocycles. The van der Waals surface area contributed by atoms with Crippen molar-refractivity contribution in [2.24, 2.45) is 0 Å². The number of hydrogen-bond donors (Lipinski definition) is 2. The van der Waals surface area contributed by atoms with E-state index in [9.17, 15) is 12.8 Å². The fourth-order valence-electron chi connectivity index (χ4n) is 1.25. The van der Waals surface area contributed by atoms with E-state index in [1.165, 1.54) is 12.4 Å². The Hall–Kier alpha value is -1.74. The number of anilines is 2. The van der Waals surface area contributed by atoms with Gasteiger partial charge in [0, 0.05) is 0 Å². The van der Waals surface area contributed by atoms with Gasteiger partial charge in [-0.1, -0.05) is 0 Å². The lowest BCUT2D eigenvalue weighted by Crippen LogP contribution is -2.14. The normalized spacial score (nSPS) is 11.3. The number of rotatable bonds is 3. The second-order valence-electron chi connectivity index (χ2n) is 3.51. The van der Waals surface area contributed by atoms with Crippen molar-refractivity contribution in [1.29, 1.82) is 0 Å². The van der Waals surface area contributed by atoms with Crippen LogP contribution in [-0.2, 0) is 10.0 Å². The van der Waals surface area contributed by atoms with Gasteiger partial charge in [0.2, 0.25) is 0 Å². The molecule has 1 aromatic heterocycles. The summed E-state index contributed by atoms with van der Waals surface area (Å²) in [7, 11) is -3.88. The Bertz CT molecular complexity index is 706. The van der Waals surface area contributed by atoms with Crippen molar-refractivity contribution in [3.05, 3.63) is 41.0 Å². The molecule has 19 heavy (non-hydrogen) atoms. The average Bonchev–Trinajstić information content (AvgIpc) is 2.35. The van der Waals surface area contributed by atoms with Crippen LogP contribution in [-0.4, -0.2) is 18.4 Å². The Morgan fingerprint density at radius 1 is 1.26 bits per heavy atom. The maximum Gasteiger partial charge on any atom is 0.263 e. The van der Waals surface area contributed by atoms with Crippen LogP contribution in [0.25, 0.3) is 0 Å². The number of nitrogens with two attached hydrogens (primary N) is 1. The molecule has 0 aliphatic heterocycles. The first-order chi connectivity index (χ1) is 8.88. The lowest BCUT2D eigenvalue weighted by Gasteiger charge is -2.07. The Balaban J connectivity index is 2.32. The summed E-state index contributed by atoms with van der Waals surface area (Å²) >= 11 is 3.08. The second-order valence-corrected chi connectivity index (χ2v) is 6.01. The van der Waals surface area contributed by atoms with Gasteiger partial charge in [-0.05, 0) is 34.1 Å². The summed E-state index contributed by atoms with van der Waals surface area (Å²) < 4.78 is 39.6. The van der Waals surface area contributed by atoms with Gasteiger partial charge in [0.1, 0.15) is 10.4 Å². The monoisotopic (exact) mass is 346 g/mol. The Labute approximate surface area is 117 Å². The first-order valence-corrected chi connectivity index (χ1v) is 7.21. The SMILES string of the molecule is Nc1cc(S(=O)(=O)Nc2cnc(Br)cn2)ccc1F. The minimum Gasteiger partial charge on any atom is -0.396 e. The van der Waals surface area contributed by atoms with Crippen molar-refractivity contribution in [2.45, 2.75) is 4.90 Å². The molecular weight excluding hydrogens is 339 g/mol. The number of nitrogen functional groups attached to an aromatic ring is 1. The summed E-state index contributed by atoms with van der Waals surface area (Å²) in [6, 6.07) is 3.13. The molecule has 0 aliphatic carbocycles. The Kier molecular flexibility index (Phi) is 3.67. The van der Waals surface area contributed by atoms with Gasteiger partial charge in [-0.2, -0.15) is 0 Å². The van der Waals surface area contributed by atoms with Crippen LogP contribution < -0.4 is 10.5 Å². The summed E-state index contributed by atoms with van der Waals surface area (Å²) in [5.41, 5.74) is 5.08. The molecule has 1 aromatic carbocycles. The molecule has 2 aromatic rings. The van der Waals surface area contributed by atoms with E-state index < -0.39 is 15.8 Å². The fourth-order valence-corrected chi connectivity index (χ4v) is 2.48. The second kappa shape index (κ2) is 5.10. The van der Waals surface area contributed by atoms with Gasteiger partial charge in [0.25, 0.3) is 10.0 Å². The number of nitrogens with zero attached hydrogens (tertiary/aromatic N) is 2. The zero-order chi connectivity index (χ0) is 14.0. The molecule has 0 atom stereocenters. The first-order valence-electron chi connectivity index (χ1n) is 4.94. The highest BCUT2D eigenvalue weighted by Gasteiger charge is 2.16. The third kappa shape index (κ3) is 3.18. The minimum absolute atomic E-state index is 0.0473. The predicted molar refractivity (Wildman–Crippen MR) is 71.4 cm³/mol. The van der Waals surface area contributed by atoms with E-state index in [2.05, 4.69) is 30.6 Å². The van der Waals surface area contributed by atoms with Gasteiger partial charge < -0.3 is 5.73 Å². The molecule has 0 spiro atoms. The fraction of sp³-hybridized carbons (Fsp3) is 0. The molecule has 0 radical (unpaired) electrons. The smallest absolute Gasteiger partial charge is 0.263 e. The van der Waals surface area contributed by atoms with Gasteiger partial charge in [0.05, 0.1) is 23.0 Å². The summed E-state index contributed by atoms with van der Waals surface area (Å²) in [6.45, 7) is 0. The molecule has 0 saturated heterocycles. The first kappa shape index (κ1) is 13.7. The molecule has 3 N–H and O–H groups in total. The molecule has 100 valence electrons. The number of nitrogens with one attached hydrogen (secondary N) is 1. The van der Waals surface area contributed by atoms with Crippen molar-refractivity contribution in [1.82, 2.24) is 9.97 Å². The zero-order valence-corrected chi connectivity index (χ0v) is 11.7. The van der Waals surface area contributed by atoms with E-state index in [-0.39, 0.29) is 16.4 Å². The molecule has 6 nitrogen and oxygen atoms in total. The van der Waals surface area contributed by atoms with E-state index in [1.807, 2.05) is 0 Å². The zero-order valence-electron chi connectivity index (χ0n) is 9.34. The van der Waals surface area contributed by atoms with Gasteiger partial charge in [-0.25, -0.2) is 22.8 Å². The number of aromatic nitrogens is 2. The van der Waals surface area contributed by atoms with Gasteiger partial charge in [0.15, 0.2) is 5.82 Å².